The largest absolute Gasteiger partial charge is 0.493 e. The molecule has 0 amide bonds. The molecule has 0 saturated carbocycles. The molecular formula is C18H27N3O5. The molecule has 0 bridgehead atoms. The Labute approximate surface area is 153 Å². The molecule has 0 aliphatic carbocycles. The number of aliphatic hydroxyl groups is 1. The lowest BCUT2D eigenvalue weighted by atomic mass is 10.2. The van der Waals surface area contributed by atoms with E-state index in [1.807, 2.05) is 17.6 Å². The fraction of sp³-hybridized carbons (Fsp3) is 0.500. The first-order valence-electron chi connectivity index (χ1n) is 8.49. The Hall–Kier alpha value is -2.13. The molecular weight excluding hydrogens is 338 g/mol. The first kappa shape index (κ1) is 20.2. The predicted octanol–water partition coefficient (Wildman–Crippen LogP) is 0.787. The van der Waals surface area contributed by atoms with Gasteiger partial charge in [-0.2, -0.15) is 0 Å². The average Bonchev–Trinajstić information content (AvgIpc) is 2.68. The maximum atomic E-state index is 10.1. The van der Waals surface area contributed by atoms with Gasteiger partial charge in [-0.3, -0.25) is 20.6 Å². The second kappa shape index (κ2) is 10.8. The van der Waals surface area contributed by atoms with E-state index in [2.05, 4.69) is 9.89 Å². The summed E-state index contributed by atoms with van der Waals surface area (Å²) in [5.41, 5.74) is 2.91. The fourth-order valence-corrected chi connectivity index (χ4v) is 2.60. The number of amidine groups is 1. The molecule has 144 valence electrons. The van der Waals surface area contributed by atoms with E-state index in [9.17, 15) is 10.3 Å². The van der Waals surface area contributed by atoms with Gasteiger partial charge < -0.3 is 19.3 Å². The Morgan fingerprint density at radius 3 is 2.69 bits per heavy atom. The summed E-state index contributed by atoms with van der Waals surface area (Å²) >= 11 is 0. The topological polar surface area (TPSA) is 95.8 Å². The molecule has 1 aliphatic heterocycles. The number of nitrogens with one attached hydrogen (secondary N) is 1. The van der Waals surface area contributed by atoms with Crippen molar-refractivity contribution in [2.45, 2.75) is 6.10 Å². The van der Waals surface area contributed by atoms with Crippen LogP contribution in [-0.4, -0.2) is 80.8 Å². The van der Waals surface area contributed by atoms with Crippen LogP contribution in [0, 0.1) is 0 Å². The van der Waals surface area contributed by atoms with Gasteiger partial charge in [0.25, 0.3) is 0 Å². The third-order valence-corrected chi connectivity index (χ3v) is 4.00. The van der Waals surface area contributed by atoms with Crippen molar-refractivity contribution in [3.8, 4) is 11.5 Å². The van der Waals surface area contributed by atoms with Gasteiger partial charge in [0, 0.05) is 19.6 Å². The van der Waals surface area contributed by atoms with E-state index in [4.69, 9.17) is 14.2 Å². The summed E-state index contributed by atoms with van der Waals surface area (Å²) in [6.45, 7) is 3.72. The minimum Gasteiger partial charge on any atom is -0.493 e. The highest BCUT2D eigenvalue weighted by atomic mass is 16.5. The highest BCUT2D eigenvalue weighted by Crippen LogP contribution is 2.27. The first-order valence-corrected chi connectivity index (χ1v) is 8.49. The SMILES string of the molecule is COc1ccc(/C=C/C(=NCC(O)CN2CCOCC2)NO)cc1OC. The summed E-state index contributed by atoms with van der Waals surface area (Å²) < 4.78 is 15.7. The van der Waals surface area contributed by atoms with Crippen molar-refractivity contribution in [2.75, 3.05) is 53.6 Å². The first-order chi connectivity index (χ1) is 12.7. The zero-order valence-electron chi connectivity index (χ0n) is 15.2. The van der Waals surface area contributed by atoms with E-state index < -0.39 is 6.10 Å². The molecule has 1 aliphatic rings. The Morgan fingerprint density at radius 2 is 2.04 bits per heavy atom. The third-order valence-electron chi connectivity index (χ3n) is 4.00. The van der Waals surface area contributed by atoms with Gasteiger partial charge in [-0.1, -0.05) is 12.1 Å². The van der Waals surface area contributed by atoms with Crippen LogP contribution < -0.4 is 15.0 Å². The number of β-amino-alcohol motifs (C(OH)–C–C–N with tert-alkyl or cyclic N) is 1. The van der Waals surface area contributed by atoms with Crippen LogP contribution in [0.1, 0.15) is 5.56 Å². The Bertz CT molecular complexity index is 615. The molecule has 0 spiro atoms. The molecule has 0 aromatic heterocycles. The summed E-state index contributed by atoms with van der Waals surface area (Å²) in [7, 11) is 3.15. The summed E-state index contributed by atoms with van der Waals surface area (Å²) in [6.07, 6.45) is 2.80. The van der Waals surface area contributed by atoms with Gasteiger partial charge >= 0.3 is 0 Å². The molecule has 8 heteroatoms. The average molecular weight is 365 g/mol. The number of nitrogens with zero attached hydrogens (tertiary/aromatic N) is 2. The standard InChI is InChI=1S/C18H27N3O5/c1-24-16-5-3-14(11-17(16)25-2)4-6-18(20-23)19-12-15(22)13-21-7-9-26-10-8-21/h3-6,11,15,22-23H,7-10,12-13H2,1-2H3,(H,19,20)/b6-4+. The molecule has 1 fully saturated rings. The minimum atomic E-state index is -0.606. The van der Waals surface area contributed by atoms with Gasteiger partial charge in [-0.25, -0.2) is 0 Å². The predicted molar refractivity (Wildman–Crippen MR) is 99.1 cm³/mol. The summed E-state index contributed by atoms with van der Waals surface area (Å²) in [5, 5.41) is 19.3. The maximum absolute atomic E-state index is 10.1. The number of hydrogen-bond acceptors (Lipinski definition) is 7. The van der Waals surface area contributed by atoms with Crippen LogP contribution >= 0.6 is 0 Å². The fourth-order valence-electron chi connectivity index (χ4n) is 2.60. The van der Waals surface area contributed by atoms with Crippen molar-refractivity contribution < 1.29 is 24.5 Å². The number of aliphatic hydroxyl groups excluding tert-OH is 1. The van der Waals surface area contributed by atoms with Crippen molar-refractivity contribution in [1.29, 1.82) is 0 Å². The lowest BCUT2D eigenvalue weighted by Crippen LogP contribution is -2.41. The van der Waals surface area contributed by atoms with Crippen molar-refractivity contribution in [3.63, 3.8) is 0 Å². The Balaban J connectivity index is 1.92. The molecule has 1 unspecified atom stereocenters. The second-order valence-corrected chi connectivity index (χ2v) is 5.85. The molecule has 1 aromatic carbocycles. The van der Waals surface area contributed by atoms with Gasteiger partial charge in [0.2, 0.25) is 0 Å². The van der Waals surface area contributed by atoms with Gasteiger partial charge in [-0.05, 0) is 23.8 Å². The van der Waals surface area contributed by atoms with Gasteiger partial charge in [0.1, 0.15) is 5.84 Å². The lowest BCUT2D eigenvalue weighted by Gasteiger charge is -2.28. The van der Waals surface area contributed by atoms with E-state index in [0.717, 1.165) is 18.7 Å². The number of morpholine rings is 1. The molecule has 8 nitrogen and oxygen atoms in total. The van der Waals surface area contributed by atoms with Crippen LogP contribution in [-0.2, 0) is 4.74 Å². The van der Waals surface area contributed by atoms with Crippen LogP contribution in [0.25, 0.3) is 6.08 Å². The van der Waals surface area contributed by atoms with Crippen molar-refractivity contribution in [2.24, 2.45) is 4.99 Å². The number of benzene rings is 1. The second-order valence-electron chi connectivity index (χ2n) is 5.85. The van der Waals surface area contributed by atoms with Crippen molar-refractivity contribution >= 4 is 11.9 Å². The van der Waals surface area contributed by atoms with Crippen molar-refractivity contribution in [3.05, 3.63) is 29.8 Å². The van der Waals surface area contributed by atoms with Crippen molar-refractivity contribution in [1.82, 2.24) is 10.4 Å². The van der Waals surface area contributed by atoms with Crippen LogP contribution in [0.3, 0.4) is 0 Å². The zero-order chi connectivity index (χ0) is 18.8. The van der Waals surface area contributed by atoms with Gasteiger partial charge in [0.15, 0.2) is 11.5 Å². The Kier molecular flexibility index (Phi) is 8.36. The van der Waals surface area contributed by atoms with Crippen LogP contribution in [0.5, 0.6) is 11.5 Å². The van der Waals surface area contributed by atoms with E-state index in [-0.39, 0.29) is 12.4 Å². The zero-order valence-corrected chi connectivity index (χ0v) is 15.2. The van der Waals surface area contributed by atoms with E-state index >= 15 is 0 Å². The normalized spacial score (nSPS) is 17.3. The quantitative estimate of drug-likeness (QED) is 0.356. The molecule has 1 heterocycles. The van der Waals surface area contributed by atoms with Gasteiger partial charge in [-0.15, -0.1) is 0 Å². The minimum absolute atomic E-state index is 0.191. The number of aliphatic imine (C=N–C) groups is 1. The van der Waals surface area contributed by atoms with E-state index in [1.165, 1.54) is 0 Å². The van der Waals surface area contributed by atoms with Crippen LogP contribution in [0.15, 0.2) is 29.3 Å². The van der Waals surface area contributed by atoms with Gasteiger partial charge in [0.05, 0.1) is 40.1 Å². The number of hydrogen-bond donors (Lipinski definition) is 3. The molecule has 26 heavy (non-hydrogen) atoms. The highest BCUT2D eigenvalue weighted by Gasteiger charge is 2.14. The molecule has 2 rings (SSSR count). The third kappa shape index (κ3) is 6.30. The smallest absolute Gasteiger partial charge is 0.161 e. The van der Waals surface area contributed by atoms with Crippen LogP contribution in [0.2, 0.25) is 0 Å². The summed E-state index contributed by atoms with van der Waals surface area (Å²) in [4.78, 5) is 6.34. The molecule has 1 atom stereocenters. The molecule has 3 N–H and O–H groups in total. The van der Waals surface area contributed by atoms with E-state index in [1.54, 1.807) is 32.4 Å². The number of ether oxygens (including phenoxy) is 3. The van der Waals surface area contributed by atoms with E-state index in [0.29, 0.717) is 31.3 Å². The highest BCUT2D eigenvalue weighted by molar-refractivity contribution is 5.95. The van der Waals surface area contributed by atoms with Crippen LogP contribution in [0.4, 0.5) is 0 Å². The molecule has 1 aromatic rings. The lowest BCUT2D eigenvalue weighted by molar-refractivity contribution is 0.0165. The summed E-state index contributed by atoms with van der Waals surface area (Å²) in [5.74, 6) is 1.52. The maximum Gasteiger partial charge on any atom is 0.161 e. The number of hydroxylamine groups is 1. The molecule has 1 saturated heterocycles. The molecule has 0 radical (unpaired) electrons. The summed E-state index contributed by atoms with van der Waals surface area (Å²) in [6, 6.07) is 5.48. The number of methoxy groups -OCH3 is 2. The number of rotatable bonds is 8. The monoisotopic (exact) mass is 365 g/mol. The Morgan fingerprint density at radius 1 is 1.31 bits per heavy atom.